The molecule has 1 aliphatic heterocycles. The molecular formula is C20H26N4O. The molecule has 0 spiro atoms. The summed E-state index contributed by atoms with van der Waals surface area (Å²) >= 11 is 0. The highest BCUT2D eigenvalue weighted by molar-refractivity contribution is 5.93. The van der Waals surface area contributed by atoms with Gasteiger partial charge >= 0.3 is 0 Å². The smallest absolute Gasteiger partial charge is 0.243 e. The third kappa shape index (κ3) is 5.10. The van der Waals surface area contributed by atoms with Crippen molar-refractivity contribution in [1.29, 1.82) is 0 Å². The van der Waals surface area contributed by atoms with Crippen LogP contribution in [0.1, 0.15) is 31.7 Å². The highest BCUT2D eigenvalue weighted by atomic mass is 16.2. The monoisotopic (exact) mass is 338 g/mol. The normalized spacial score (nSPS) is 17.2. The maximum atomic E-state index is 12.4. The van der Waals surface area contributed by atoms with Gasteiger partial charge in [-0.3, -0.25) is 15.0 Å². The van der Waals surface area contributed by atoms with Gasteiger partial charge in [0.05, 0.1) is 6.04 Å². The van der Waals surface area contributed by atoms with Crippen LogP contribution in [0.4, 0.5) is 5.95 Å². The summed E-state index contributed by atoms with van der Waals surface area (Å²) in [7, 11) is 0. The number of hydrogen-bond acceptors (Lipinski definition) is 4. The van der Waals surface area contributed by atoms with Gasteiger partial charge in [-0.15, -0.1) is 0 Å². The van der Waals surface area contributed by atoms with E-state index in [1.165, 1.54) is 12.0 Å². The van der Waals surface area contributed by atoms with Crippen molar-refractivity contribution in [3.8, 4) is 0 Å². The van der Waals surface area contributed by atoms with E-state index in [9.17, 15) is 4.79 Å². The zero-order chi connectivity index (χ0) is 17.5. The number of rotatable bonds is 6. The van der Waals surface area contributed by atoms with E-state index < -0.39 is 0 Å². The highest BCUT2D eigenvalue weighted by Crippen LogP contribution is 2.23. The Morgan fingerprint density at radius 3 is 2.52 bits per heavy atom. The molecule has 0 saturated carbocycles. The van der Waals surface area contributed by atoms with Crippen LogP contribution >= 0.6 is 0 Å². The van der Waals surface area contributed by atoms with Gasteiger partial charge in [0.15, 0.2) is 0 Å². The van der Waals surface area contributed by atoms with E-state index in [1.807, 2.05) is 6.92 Å². The summed E-state index contributed by atoms with van der Waals surface area (Å²) in [5, 5.41) is 2.79. The summed E-state index contributed by atoms with van der Waals surface area (Å²) in [5.41, 5.74) is 1.42. The Kier molecular flexibility index (Phi) is 6.12. The molecule has 1 atom stereocenters. The number of hydrogen-bond donors (Lipinski definition) is 1. The first-order valence-electron chi connectivity index (χ1n) is 9.08. The first-order chi connectivity index (χ1) is 12.2. The third-order valence-electron chi connectivity index (χ3n) is 5.06. The van der Waals surface area contributed by atoms with Gasteiger partial charge in [-0.2, -0.15) is 0 Å². The first kappa shape index (κ1) is 17.5. The quantitative estimate of drug-likeness (QED) is 0.879. The number of aromatic nitrogens is 2. The molecule has 2 aromatic rings. The van der Waals surface area contributed by atoms with Crippen molar-refractivity contribution in [2.24, 2.45) is 5.92 Å². The Hall–Kier alpha value is -2.27. The number of benzene rings is 1. The highest BCUT2D eigenvalue weighted by Gasteiger charge is 2.26. The zero-order valence-corrected chi connectivity index (χ0v) is 14.8. The van der Waals surface area contributed by atoms with Crippen molar-refractivity contribution in [1.82, 2.24) is 14.9 Å². The van der Waals surface area contributed by atoms with Crippen molar-refractivity contribution in [2.75, 3.05) is 18.4 Å². The van der Waals surface area contributed by atoms with Gasteiger partial charge in [0, 0.05) is 12.4 Å². The Labute approximate surface area is 149 Å². The molecule has 1 aliphatic rings. The van der Waals surface area contributed by atoms with Crippen LogP contribution < -0.4 is 5.32 Å². The summed E-state index contributed by atoms with van der Waals surface area (Å²) in [6.45, 7) is 3.91. The Balaban J connectivity index is 1.42. The summed E-state index contributed by atoms with van der Waals surface area (Å²) in [6.07, 6.45) is 7.96. The number of carbonyl (C=O) groups excluding carboxylic acids is 1. The Morgan fingerprint density at radius 1 is 1.16 bits per heavy atom. The number of aryl methyl sites for hydroxylation is 1. The first-order valence-corrected chi connectivity index (χ1v) is 9.08. The standard InChI is InChI=1S/C20H26N4O/c1-16(19(25)23-20-21-12-5-13-22-20)24-14-10-18(11-15-24)9-8-17-6-3-2-4-7-17/h2-7,12-13,16,18H,8-11,14-15H2,1H3,(H,21,22,23,25). The number of anilines is 1. The Bertz CT molecular complexity index is 654. The van der Waals surface area contributed by atoms with Crippen molar-refractivity contribution in [3.63, 3.8) is 0 Å². The molecule has 3 rings (SSSR count). The molecule has 1 N–H and O–H groups in total. The average Bonchev–Trinajstić information content (AvgIpc) is 2.68. The van der Waals surface area contributed by atoms with Gasteiger partial charge in [0.1, 0.15) is 0 Å². The number of carbonyl (C=O) groups is 1. The summed E-state index contributed by atoms with van der Waals surface area (Å²) in [4.78, 5) is 22.7. The minimum absolute atomic E-state index is 0.0334. The summed E-state index contributed by atoms with van der Waals surface area (Å²) < 4.78 is 0. The van der Waals surface area contributed by atoms with Crippen LogP contribution in [0, 0.1) is 5.92 Å². The molecule has 1 fully saturated rings. The second kappa shape index (κ2) is 8.72. The molecule has 5 heteroatoms. The van der Waals surface area contributed by atoms with Crippen molar-refractivity contribution in [2.45, 2.75) is 38.6 Å². The zero-order valence-electron chi connectivity index (χ0n) is 14.8. The van der Waals surface area contributed by atoms with E-state index in [4.69, 9.17) is 0 Å². The van der Waals surface area contributed by atoms with Crippen LogP contribution in [0.3, 0.4) is 0 Å². The Morgan fingerprint density at radius 2 is 1.84 bits per heavy atom. The van der Waals surface area contributed by atoms with E-state index in [2.05, 4.69) is 50.5 Å². The molecule has 1 aromatic heterocycles. The molecule has 1 saturated heterocycles. The molecule has 0 bridgehead atoms. The summed E-state index contributed by atoms with van der Waals surface area (Å²) in [5.74, 6) is 1.09. The fraction of sp³-hybridized carbons (Fsp3) is 0.450. The second-order valence-corrected chi connectivity index (χ2v) is 6.74. The lowest BCUT2D eigenvalue weighted by atomic mass is 9.90. The second-order valence-electron chi connectivity index (χ2n) is 6.74. The van der Waals surface area contributed by atoms with E-state index >= 15 is 0 Å². The number of amides is 1. The van der Waals surface area contributed by atoms with E-state index in [0.29, 0.717) is 5.95 Å². The van der Waals surface area contributed by atoms with Gasteiger partial charge in [-0.05, 0) is 63.2 Å². The van der Waals surface area contributed by atoms with E-state index in [0.717, 1.165) is 38.3 Å². The predicted molar refractivity (Wildman–Crippen MR) is 99.2 cm³/mol. The maximum Gasteiger partial charge on any atom is 0.243 e. The SMILES string of the molecule is CC(C(=O)Nc1ncccn1)N1CCC(CCc2ccccc2)CC1. The molecule has 25 heavy (non-hydrogen) atoms. The van der Waals surface area contributed by atoms with Crippen molar-refractivity contribution >= 4 is 11.9 Å². The summed E-state index contributed by atoms with van der Waals surface area (Å²) in [6, 6.07) is 12.3. The minimum atomic E-state index is -0.154. The average molecular weight is 338 g/mol. The molecular weight excluding hydrogens is 312 g/mol. The molecule has 132 valence electrons. The van der Waals surface area contributed by atoms with Crippen LogP contribution in [0.25, 0.3) is 0 Å². The van der Waals surface area contributed by atoms with Crippen molar-refractivity contribution in [3.05, 3.63) is 54.4 Å². The van der Waals surface area contributed by atoms with Gasteiger partial charge in [-0.1, -0.05) is 30.3 Å². The van der Waals surface area contributed by atoms with E-state index in [-0.39, 0.29) is 11.9 Å². The molecule has 1 unspecified atom stereocenters. The number of piperidine rings is 1. The molecule has 0 aliphatic carbocycles. The van der Waals surface area contributed by atoms with Crippen LogP contribution in [0.5, 0.6) is 0 Å². The predicted octanol–water partition coefficient (Wildman–Crippen LogP) is 3.15. The number of nitrogens with one attached hydrogen (secondary N) is 1. The van der Waals surface area contributed by atoms with Crippen LogP contribution in [-0.2, 0) is 11.2 Å². The molecule has 5 nitrogen and oxygen atoms in total. The van der Waals surface area contributed by atoms with E-state index in [1.54, 1.807) is 18.5 Å². The minimum Gasteiger partial charge on any atom is -0.293 e. The number of likely N-dealkylation sites (tertiary alicyclic amines) is 1. The van der Waals surface area contributed by atoms with Crippen LogP contribution in [0.15, 0.2) is 48.8 Å². The lowest BCUT2D eigenvalue weighted by Gasteiger charge is -2.35. The van der Waals surface area contributed by atoms with Crippen LogP contribution in [0.2, 0.25) is 0 Å². The van der Waals surface area contributed by atoms with Crippen molar-refractivity contribution < 1.29 is 4.79 Å². The molecule has 1 amide bonds. The molecule has 0 radical (unpaired) electrons. The lowest BCUT2D eigenvalue weighted by Crippen LogP contribution is -2.46. The number of nitrogens with zero attached hydrogens (tertiary/aromatic N) is 3. The van der Waals surface area contributed by atoms with Gasteiger partial charge in [-0.25, -0.2) is 9.97 Å². The molecule has 1 aromatic carbocycles. The fourth-order valence-corrected chi connectivity index (χ4v) is 3.39. The largest absolute Gasteiger partial charge is 0.293 e. The van der Waals surface area contributed by atoms with Crippen LogP contribution in [-0.4, -0.2) is 39.9 Å². The maximum absolute atomic E-state index is 12.4. The topological polar surface area (TPSA) is 58.1 Å². The molecule has 2 heterocycles. The van der Waals surface area contributed by atoms with Gasteiger partial charge in [0.25, 0.3) is 0 Å². The lowest BCUT2D eigenvalue weighted by molar-refractivity contribution is -0.121. The van der Waals surface area contributed by atoms with Gasteiger partial charge < -0.3 is 0 Å². The fourth-order valence-electron chi connectivity index (χ4n) is 3.39. The third-order valence-corrected chi connectivity index (χ3v) is 5.06. The van der Waals surface area contributed by atoms with Gasteiger partial charge in [0.2, 0.25) is 11.9 Å².